The quantitative estimate of drug-likeness (QED) is 0.787. The van der Waals surface area contributed by atoms with Gasteiger partial charge in [0.15, 0.2) is 0 Å². The van der Waals surface area contributed by atoms with Gasteiger partial charge in [-0.2, -0.15) is 0 Å². The van der Waals surface area contributed by atoms with Crippen molar-refractivity contribution in [1.29, 1.82) is 0 Å². The summed E-state index contributed by atoms with van der Waals surface area (Å²) in [6.45, 7) is 3.92. The predicted molar refractivity (Wildman–Crippen MR) is 103 cm³/mol. The van der Waals surface area contributed by atoms with Crippen LogP contribution in [0.5, 0.6) is 5.75 Å². The van der Waals surface area contributed by atoms with Gasteiger partial charge in [0.1, 0.15) is 11.9 Å². The van der Waals surface area contributed by atoms with Gasteiger partial charge in [0.2, 0.25) is 0 Å². The van der Waals surface area contributed by atoms with Crippen molar-refractivity contribution in [2.45, 2.75) is 44.2 Å². The van der Waals surface area contributed by atoms with E-state index in [1.165, 1.54) is 6.42 Å². The van der Waals surface area contributed by atoms with Crippen LogP contribution >= 0.6 is 23.2 Å². The molecule has 1 unspecified atom stereocenters. The minimum atomic E-state index is -0.733. The molecule has 0 amide bonds. The predicted octanol–water partition coefficient (Wildman–Crippen LogP) is 3.78. The molecule has 0 bridgehead atoms. The Morgan fingerprint density at radius 3 is 2.62 bits per heavy atom. The molecule has 0 saturated carbocycles. The van der Waals surface area contributed by atoms with Gasteiger partial charge in [-0.05, 0) is 50.4 Å². The Balaban J connectivity index is 1.47. The largest absolute Gasteiger partial charge is 0.489 e. The van der Waals surface area contributed by atoms with Crippen LogP contribution in [0.25, 0.3) is 0 Å². The van der Waals surface area contributed by atoms with E-state index >= 15 is 0 Å². The van der Waals surface area contributed by atoms with Crippen molar-refractivity contribution in [3.05, 3.63) is 28.2 Å². The first-order valence-corrected chi connectivity index (χ1v) is 10.1. The standard InChI is InChI=1S/C19H26Cl2N2O3/c20-14-4-5-18(17(21)11-14)26-16-6-9-22(10-7-16)12-15-3-1-2-8-23(15)13-19(24)25/h4-5,11,15-16H,1-3,6-10,12-13H2,(H,24,25). The van der Waals surface area contributed by atoms with Crippen LogP contribution in [0.1, 0.15) is 32.1 Å². The number of likely N-dealkylation sites (tertiary alicyclic amines) is 2. The Kier molecular flexibility index (Phi) is 7.04. The fourth-order valence-electron chi connectivity index (χ4n) is 3.91. The maximum atomic E-state index is 11.1. The zero-order valence-corrected chi connectivity index (χ0v) is 16.4. The number of ether oxygens (including phenoxy) is 1. The molecule has 0 spiro atoms. The molecule has 1 N–H and O–H groups in total. The third-order valence-corrected chi connectivity index (χ3v) is 5.81. The molecule has 2 saturated heterocycles. The van der Waals surface area contributed by atoms with Crippen molar-refractivity contribution in [1.82, 2.24) is 9.80 Å². The van der Waals surface area contributed by atoms with E-state index in [2.05, 4.69) is 9.80 Å². The molecule has 26 heavy (non-hydrogen) atoms. The first-order chi connectivity index (χ1) is 12.5. The van der Waals surface area contributed by atoms with Crippen LogP contribution in [0.3, 0.4) is 0 Å². The second-order valence-corrected chi connectivity index (χ2v) is 8.05. The summed E-state index contributed by atoms with van der Waals surface area (Å²) in [5, 5.41) is 10.3. The van der Waals surface area contributed by atoms with E-state index in [1.54, 1.807) is 12.1 Å². The highest BCUT2D eigenvalue weighted by molar-refractivity contribution is 6.35. The maximum absolute atomic E-state index is 11.1. The lowest BCUT2D eigenvalue weighted by Gasteiger charge is -2.40. The van der Waals surface area contributed by atoms with Gasteiger partial charge >= 0.3 is 5.97 Å². The third kappa shape index (κ3) is 5.49. The van der Waals surface area contributed by atoms with Gasteiger partial charge in [-0.15, -0.1) is 0 Å². The van der Waals surface area contributed by atoms with Crippen LogP contribution in [0, 0.1) is 0 Å². The van der Waals surface area contributed by atoms with Crippen molar-refractivity contribution < 1.29 is 14.6 Å². The SMILES string of the molecule is O=C(O)CN1CCCCC1CN1CCC(Oc2ccc(Cl)cc2Cl)CC1. The second kappa shape index (κ2) is 9.27. The van der Waals surface area contributed by atoms with Crippen molar-refractivity contribution in [2.75, 3.05) is 32.7 Å². The Bertz CT molecular complexity index is 621. The van der Waals surface area contributed by atoms with Crippen molar-refractivity contribution in [3.63, 3.8) is 0 Å². The first kappa shape index (κ1) is 19.7. The normalized spacial score (nSPS) is 23.1. The number of benzene rings is 1. The lowest BCUT2D eigenvalue weighted by Crippen LogP contribution is -2.50. The Morgan fingerprint density at radius 1 is 1.15 bits per heavy atom. The zero-order valence-electron chi connectivity index (χ0n) is 14.9. The Morgan fingerprint density at radius 2 is 1.92 bits per heavy atom. The Hall–Kier alpha value is -1.01. The van der Waals surface area contributed by atoms with Gasteiger partial charge in [0.05, 0.1) is 11.6 Å². The summed E-state index contributed by atoms with van der Waals surface area (Å²) in [4.78, 5) is 15.6. The van der Waals surface area contributed by atoms with Crippen molar-refractivity contribution >= 4 is 29.2 Å². The highest BCUT2D eigenvalue weighted by Crippen LogP contribution is 2.30. The van der Waals surface area contributed by atoms with E-state index in [1.807, 2.05) is 6.07 Å². The average Bonchev–Trinajstić information content (AvgIpc) is 2.60. The molecule has 2 aliphatic heterocycles. The van der Waals surface area contributed by atoms with Gasteiger partial charge in [-0.1, -0.05) is 29.6 Å². The van der Waals surface area contributed by atoms with Gasteiger partial charge in [0, 0.05) is 30.7 Å². The number of aliphatic carboxylic acids is 1. The zero-order chi connectivity index (χ0) is 18.5. The summed E-state index contributed by atoms with van der Waals surface area (Å²) in [6, 6.07) is 5.66. The number of hydrogen-bond donors (Lipinski definition) is 1. The smallest absolute Gasteiger partial charge is 0.317 e. The topological polar surface area (TPSA) is 53.0 Å². The van der Waals surface area contributed by atoms with E-state index in [4.69, 9.17) is 33.0 Å². The van der Waals surface area contributed by atoms with Crippen LogP contribution < -0.4 is 4.74 Å². The molecular weight excluding hydrogens is 375 g/mol. The Labute approximate surface area is 164 Å². The number of carbonyl (C=O) groups is 1. The number of rotatable bonds is 6. The molecule has 2 fully saturated rings. The number of carboxylic acids is 1. The number of carboxylic acid groups (broad SMARTS) is 1. The molecule has 5 nitrogen and oxygen atoms in total. The van der Waals surface area contributed by atoms with Gasteiger partial charge < -0.3 is 14.7 Å². The van der Waals surface area contributed by atoms with E-state index < -0.39 is 5.97 Å². The fourth-order valence-corrected chi connectivity index (χ4v) is 4.36. The molecule has 0 radical (unpaired) electrons. The van der Waals surface area contributed by atoms with Crippen LogP contribution in [0.4, 0.5) is 0 Å². The van der Waals surface area contributed by atoms with Crippen LogP contribution in [-0.2, 0) is 4.79 Å². The van der Waals surface area contributed by atoms with Gasteiger partial charge in [0.25, 0.3) is 0 Å². The lowest BCUT2D eigenvalue weighted by atomic mass is 10.00. The first-order valence-electron chi connectivity index (χ1n) is 9.31. The van der Waals surface area contributed by atoms with Crippen LogP contribution in [0.15, 0.2) is 18.2 Å². The molecule has 2 heterocycles. The molecular formula is C19H26Cl2N2O3. The molecule has 0 aromatic heterocycles. The maximum Gasteiger partial charge on any atom is 0.317 e. The van der Waals surface area contributed by atoms with Gasteiger partial charge in [-0.3, -0.25) is 9.69 Å². The highest BCUT2D eigenvalue weighted by atomic mass is 35.5. The summed E-state index contributed by atoms with van der Waals surface area (Å²) in [7, 11) is 0. The molecule has 1 aromatic carbocycles. The summed E-state index contributed by atoms with van der Waals surface area (Å²) in [6.07, 6.45) is 5.43. The summed E-state index contributed by atoms with van der Waals surface area (Å²) in [5.74, 6) is -0.0433. The summed E-state index contributed by atoms with van der Waals surface area (Å²) >= 11 is 12.1. The van der Waals surface area contributed by atoms with Crippen LogP contribution in [-0.4, -0.2) is 65.7 Å². The van der Waals surface area contributed by atoms with E-state index in [0.717, 1.165) is 51.9 Å². The molecule has 144 valence electrons. The fraction of sp³-hybridized carbons (Fsp3) is 0.632. The number of hydrogen-bond acceptors (Lipinski definition) is 4. The molecule has 1 aromatic rings. The van der Waals surface area contributed by atoms with Crippen molar-refractivity contribution in [2.24, 2.45) is 0 Å². The second-order valence-electron chi connectivity index (χ2n) is 7.21. The van der Waals surface area contributed by atoms with E-state index in [9.17, 15) is 4.79 Å². The van der Waals surface area contributed by atoms with E-state index in [0.29, 0.717) is 21.8 Å². The minimum Gasteiger partial charge on any atom is -0.489 e. The van der Waals surface area contributed by atoms with Crippen LogP contribution in [0.2, 0.25) is 10.0 Å². The van der Waals surface area contributed by atoms with Gasteiger partial charge in [-0.25, -0.2) is 0 Å². The molecule has 2 aliphatic rings. The monoisotopic (exact) mass is 400 g/mol. The molecule has 7 heteroatoms. The summed E-state index contributed by atoms with van der Waals surface area (Å²) < 4.78 is 6.05. The molecule has 3 rings (SSSR count). The lowest BCUT2D eigenvalue weighted by molar-refractivity contribution is -0.139. The molecule has 1 atom stereocenters. The number of piperidine rings is 2. The number of nitrogens with zero attached hydrogens (tertiary/aromatic N) is 2. The number of halogens is 2. The summed E-state index contributed by atoms with van der Waals surface area (Å²) in [5.41, 5.74) is 0. The van der Waals surface area contributed by atoms with E-state index in [-0.39, 0.29) is 12.6 Å². The minimum absolute atomic E-state index is 0.152. The highest BCUT2D eigenvalue weighted by Gasteiger charge is 2.28. The third-order valence-electron chi connectivity index (χ3n) is 5.28. The van der Waals surface area contributed by atoms with Crippen molar-refractivity contribution in [3.8, 4) is 5.75 Å². The molecule has 0 aliphatic carbocycles. The average molecular weight is 401 g/mol.